The molecule has 8 nitrogen and oxygen atoms in total. The molecule has 31 heavy (non-hydrogen) atoms. The minimum atomic E-state index is -0.176. The second-order valence-electron chi connectivity index (χ2n) is 7.78. The van der Waals surface area contributed by atoms with Crippen LogP contribution in [-0.4, -0.2) is 70.5 Å². The van der Waals surface area contributed by atoms with Gasteiger partial charge in [0.15, 0.2) is 0 Å². The molecule has 3 amide bonds. The number of aryl methyl sites for hydroxylation is 1. The fourth-order valence-electron chi connectivity index (χ4n) is 3.87. The van der Waals surface area contributed by atoms with Gasteiger partial charge in [0.1, 0.15) is 12.6 Å². The molecule has 1 aromatic heterocycles. The predicted octanol–water partition coefficient (Wildman–Crippen LogP) is 3.00. The van der Waals surface area contributed by atoms with E-state index in [1.54, 1.807) is 39.2 Å². The van der Waals surface area contributed by atoms with Crippen molar-refractivity contribution in [1.29, 1.82) is 0 Å². The number of carbonyl (C=O) groups is 2. The predicted molar refractivity (Wildman–Crippen MR) is 117 cm³/mol. The molecule has 0 bridgehead atoms. The number of carbonyl (C=O) groups excluding carboxylic acids is 2. The lowest BCUT2D eigenvalue weighted by Gasteiger charge is -2.33. The molecule has 2 saturated heterocycles. The lowest BCUT2D eigenvalue weighted by atomic mass is 10.1. The quantitative estimate of drug-likeness (QED) is 0.685. The third kappa shape index (κ3) is 5.07. The van der Waals surface area contributed by atoms with Crippen molar-refractivity contribution < 1.29 is 14.3 Å². The number of hydrogen-bond donors (Lipinski definition) is 0. The Hall–Kier alpha value is -2.87. The zero-order valence-electron chi connectivity index (χ0n) is 17.5. The molecule has 2 aromatic rings. The van der Waals surface area contributed by atoms with Crippen LogP contribution in [0.3, 0.4) is 0 Å². The fourth-order valence-corrected chi connectivity index (χ4v) is 4.06. The molecule has 0 saturated carbocycles. The highest BCUT2D eigenvalue weighted by atomic mass is 35.5. The first-order valence-corrected chi connectivity index (χ1v) is 11.0. The monoisotopic (exact) mass is 443 g/mol. The maximum Gasteiger partial charge on any atom is 0.325 e. The number of benzene rings is 1. The number of aromatic nitrogens is 2. The minimum Gasteiger partial charge on any atom is -0.458 e. The van der Waals surface area contributed by atoms with E-state index in [9.17, 15) is 9.59 Å². The van der Waals surface area contributed by atoms with E-state index < -0.39 is 0 Å². The van der Waals surface area contributed by atoms with E-state index in [0.717, 1.165) is 30.5 Å². The van der Waals surface area contributed by atoms with Crippen LogP contribution in [0.25, 0.3) is 0 Å². The Morgan fingerprint density at radius 3 is 2.77 bits per heavy atom. The molecule has 0 spiro atoms. The van der Waals surface area contributed by atoms with Crippen LogP contribution in [0.1, 0.15) is 25.3 Å². The van der Waals surface area contributed by atoms with Gasteiger partial charge in [0, 0.05) is 42.7 Å². The van der Waals surface area contributed by atoms with Crippen molar-refractivity contribution in [3.05, 3.63) is 47.2 Å². The molecular weight excluding hydrogens is 418 g/mol. The van der Waals surface area contributed by atoms with Crippen molar-refractivity contribution in [3.63, 3.8) is 0 Å². The molecule has 2 aliphatic rings. The van der Waals surface area contributed by atoms with Crippen molar-refractivity contribution >= 4 is 29.2 Å². The zero-order valence-corrected chi connectivity index (χ0v) is 18.3. The molecule has 3 heterocycles. The van der Waals surface area contributed by atoms with Gasteiger partial charge < -0.3 is 14.5 Å². The smallest absolute Gasteiger partial charge is 0.325 e. The van der Waals surface area contributed by atoms with Crippen molar-refractivity contribution in [2.45, 2.75) is 32.3 Å². The van der Waals surface area contributed by atoms with Gasteiger partial charge in [-0.1, -0.05) is 24.6 Å². The Morgan fingerprint density at radius 2 is 2.03 bits per heavy atom. The van der Waals surface area contributed by atoms with Gasteiger partial charge in [-0.05, 0) is 43.0 Å². The first-order valence-electron chi connectivity index (χ1n) is 10.6. The lowest BCUT2D eigenvalue weighted by molar-refractivity contribution is -0.134. The molecule has 9 heteroatoms. The average Bonchev–Trinajstić information content (AvgIpc) is 3.14. The molecule has 0 aliphatic carbocycles. The van der Waals surface area contributed by atoms with E-state index in [0.29, 0.717) is 37.2 Å². The number of likely N-dealkylation sites (tertiary alicyclic amines) is 1. The summed E-state index contributed by atoms with van der Waals surface area (Å²) in [5.41, 5.74) is 1.79. The summed E-state index contributed by atoms with van der Waals surface area (Å²) in [5.74, 6) is -0.0724. The number of rotatable bonds is 6. The average molecular weight is 444 g/mol. The van der Waals surface area contributed by atoms with Crippen LogP contribution >= 0.6 is 11.6 Å². The van der Waals surface area contributed by atoms with Crippen molar-refractivity contribution in [3.8, 4) is 6.01 Å². The van der Waals surface area contributed by atoms with Gasteiger partial charge >= 0.3 is 12.0 Å². The second-order valence-corrected chi connectivity index (χ2v) is 8.22. The van der Waals surface area contributed by atoms with Crippen LogP contribution in [0.15, 0.2) is 36.7 Å². The van der Waals surface area contributed by atoms with E-state index in [4.69, 9.17) is 16.3 Å². The molecule has 1 unspecified atom stereocenters. The van der Waals surface area contributed by atoms with Crippen LogP contribution in [0.2, 0.25) is 5.02 Å². The number of piperidine rings is 1. The Morgan fingerprint density at radius 1 is 1.23 bits per heavy atom. The van der Waals surface area contributed by atoms with Crippen molar-refractivity contribution in [1.82, 2.24) is 19.8 Å². The van der Waals surface area contributed by atoms with Gasteiger partial charge in [-0.2, -0.15) is 0 Å². The second kappa shape index (κ2) is 9.51. The molecule has 4 rings (SSSR count). The van der Waals surface area contributed by atoms with E-state index in [-0.39, 0.29) is 24.6 Å². The van der Waals surface area contributed by atoms with Crippen LogP contribution in [-0.2, 0) is 11.2 Å². The third-order valence-corrected chi connectivity index (χ3v) is 5.87. The van der Waals surface area contributed by atoms with E-state index in [1.165, 1.54) is 0 Å². The largest absolute Gasteiger partial charge is 0.458 e. The first-order chi connectivity index (χ1) is 15.0. The highest BCUT2D eigenvalue weighted by molar-refractivity contribution is 6.30. The van der Waals surface area contributed by atoms with Gasteiger partial charge in [0.05, 0.1) is 6.54 Å². The van der Waals surface area contributed by atoms with Gasteiger partial charge in [0.25, 0.3) is 0 Å². The summed E-state index contributed by atoms with van der Waals surface area (Å²) in [5, 5.41) is 0.576. The molecule has 0 N–H and O–H groups in total. The summed E-state index contributed by atoms with van der Waals surface area (Å²) in [4.78, 5) is 39.2. The van der Waals surface area contributed by atoms with Crippen LogP contribution in [0.5, 0.6) is 6.01 Å². The summed E-state index contributed by atoms with van der Waals surface area (Å²) >= 11 is 6.05. The summed E-state index contributed by atoms with van der Waals surface area (Å²) in [7, 11) is 0. The van der Waals surface area contributed by atoms with Crippen molar-refractivity contribution in [2.75, 3.05) is 37.6 Å². The summed E-state index contributed by atoms with van der Waals surface area (Å²) < 4.78 is 5.90. The van der Waals surface area contributed by atoms with E-state index in [2.05, 4.69) is 9.97 Å². The van der Waals surface area contributed by atoms with Crippen LogP contribution in [0, 0.1) is 0 Å². The number of anilines is 1. The molecule has 0 radical (unpaired) electrons. The van der Waals surface area contributed by atoms with Gasteiger partial charge in [-0.25, -0.2) is 14.8 Å². The molecule has 1 aromatic carbocycles. The van der Waals surface area contributed by atoms with Crippen LogP contribution < -0.4 is 9.64 Å². The normalized spacial score (nSPS) is 19.1. The van der Waals surface area contributed by atoms with Crippen molar-refractivity contribution in [2.24, 2.45) is 0 Å². The van der Waals surface area contributed by atoms with Gasteiger partial charge in [-0.3, -0.25) is 9.69 Å². The Labute approximate surface area is 186 Å². The summed E-state index contributed by atoms with van der Waals surface area (Å²) in [6.07, 6.45) is 5.93. The fraction of sp³-hybridized carbons (Fsp3) is 0.455. The topological polar surface area (TPSA) is 78.9 Å². The van der Waals surface area contributed by atoms with Gasteiger partial charge in [-0.15, -0.1) is 0 Å². The number of urea groups is 1. The zero-order chi connectivity index (χ0) is 21.8. The molecule has 2 aliphatic heterocycles. The Balaban J connectivity index is 1.32. The van der Waals surface area contributed by atoms with E-state index >= 15 is 0 Å². The first kappa shape index (κ1) is 21.4. The standard InChI is InChI=1S/C22H26ClN5O3/c1-2-16-12-24-21(25-13-16)31-19-7-4-8-26(14-19)20(29)15-27-9-10-28(22(27)30)18-6-3-5-17(23)11-18/h3,5-6,11-13,19H,2,4,7-10,14-15H2,1H3. The molecular formula is C22H26ClN5O3. The Bertz CT molecular complexity index is 939. The number of amides is 3. The maximum absolute atomic E-state index is 12.9. The SMILES string of the molecule is CCc1cnc(OC2CCCN(C(=O)CN3CCN(c4cccc(Cl)c4)C3=O)C2)nc1. The number of hydrogen-bond acceptors (Lipinski definition) is 5. The van der Waals surface area contributed by atoms with Crippen LogP contribution in [0.4, 0.5) is 10.5 Å². The maximum atomic E-state index is 12.9. The van der Waals surface area contributed by atoms with E-state index in [1.807, 2.05) is 19.1 Å². The number of halogens is 1. The number of nitrogens with zero attached hydrogens (tertiary/aromatic N) is 5. The molecule has 164 valence electrons. The lowest BCUT2D eigenvalue weighted by Crippen LogP contribution is -2.48. The minimum absolute atomic E-state index is 0.0598. The Kier molecular flexibility index (Phi) is 6.56. The highest BCUT2D eigenvalue weighted by Gasteiger charge is 2.33. The molecule has 2 fully saturated rings. The highest BCUT2D eigenvalue weighted by Crippen LogP contribution is 2.24. The van der Waals surface area contributed by atoms with Gasteiger partial charge in [0.2, 0.25) is 5.91 Å². The summed E-state index contributed by atoms with van der Waals surface area (Å²) in [6, 6.07) is 7.34. The number of ether oxygens (including phenoxy) is 1. The molecule has 1 atom stereocenters. The third-order valence-electron chi connectivity index (χ3n) is 5.63. The summed E-state index contributed by atoms with van der Waals surface area (Å²) in [6.45, 7) is 4.27.